The summed E-state index contributed by atoms with van der Waals surface area (Å²) in [5, 5.41) is 15.0. The number of likely N-dealkylation sites (tertiary alicyclic amines) is 1. The average Bonchev–Trinajstić information content (AvgIpc) is 3.34. The molecule has 1 aliphatic carbocycles. The molecule has 2 aliphatic heterocycles. The van der Waals surface area contributed by atoms with Crippen LogP contribution >= 0.6 is 0 Å². The summed E-state index contributed by atoms with van der Waals surface area (Å²) in [5.74, 6) is -0.353. The maximum atomic E-state index is 12.2. The molecule has 3 aliphatic rings. The first-order valence-corrected chi connectivity index (χ1v) is 18.1. The number of aliphatic hydroxyl groups excluding tert-OH is 1. The lowest BCUT2D eigenvalue weighted by atomic mass is 9.65. The monoisotopic (exact) mass is 683 g/mol. The maximum absolute atomic E-state index is 12.2. The Hall–Kier alpha value is -3.76. The highest BCUT2D eigenvalue weighted by atomic mass is 16.7. The summed E-state index contributed by atoms with van der Waals surface area (Å²) in [5.41, 5.74) is 6.56. The van der Waals surface area contributed by atoms with Crippen LogP contribution in [0.5, 0.6) is 0 Å². The molecule has 2 amide bonds. The fraction of sp³-hybridized carbons (Fsp3) is 0.512. The maximum Gasteiger partial charge on any atom is 0.325 e. The molecule has 2 bridgehead atoms. The van der Waals surface area contributed by atoms with Crippen LogP contribution in [0.1, 0.15) is 88.5 Å². The number of hydrogen-bond donors (Lipinski definition) is 3. The normalized spacial score (nSPS) is 27.4. The van der Waals surface area contributed by atoms with Crippen molar-refractivity contribution in [2.45, 2.75) is 91.6 Å². The van der Waals surface area contributed by atoms with Crippen LogP contribution in [0.15, 0.2) is 72.8 Å². The highest BCUT2D eigenvalue weighted by molar-refractivity contribution is 5.80. The SMILES string of the molecule is CCOC(=O)CNC(=O)NCc1cccc(-c2cccc(C3OC(CN4CC5(C)CC4CC(C)(C)C5)C(C)C(c4ccc(CO)cc4)O3)c2)c1. The molecule has 9 heteroatoms. The van der Waals surface area contributed by atoms with E-state index in [1.165, 1.54) is 19.3 Å². The van der Waals surface area contributed by atoms with Crippen molar-refractivity contribution in [1.82, 2.24) is 15.5 Å². The van der Waals surface area contributed by atoms with E-state index < -0.39 is 18.3 Å². The molecule has 1 saturated carbocycles. The molecule has 3 aromatic carbocycles. The molecule has 3 N–H and O–H groups in total. The molecule has 9 nitrogen and oxygen atoms in total. The summed E-state index contributed by atoms with van der Waals surface area (Å²) in [6, 6.07) is 24.6. The number of carbonyl (C=O) groups is 2. The lowest BCUT2D eigenvalue weighted by Gasteiger charge is -2.43. The number of esters is 1. The van der Waals surface area contributed by atoms with Crippen molar-refractivity contribution >= 4 is 12.0 Å². The van der Waals surface area contributed by atoms with Crippen molar-refractivity contribution in [2.24, 2.45) is 16.7 Å². The van der Waals surface area contributed by atoms with Crippen LogP contribution in [0.25, 0.3) is 11.1 Å². The number of aliphatic hydroxyl groups is 1. The average molecular weight is 684 g/mol. The van der Waals surface area contributed by atoms with Crippen LogP contribution < -0.4 is 10.6 Å². The summed E-state index contributed by atoms with van der Waals surface area (Å²) >= 11 is 0. The molecular formula is C41H53N3O6. The van der Waals surface area contributed by atoms with E-state index in [2.05, 4.69) is 85.7 Å². The van der Waals surface area contributed by atoms with E-state index in [9.17, 15) is 14.7 Å². The van der Waals surface area contributed by atoms with Gasteiger partial charge in [-0.3, -0.25) is 9.69 Å². The number of amides is 2. The number of benzene rings is 3. The van der Waals surface area contributed by atoms with Gasteiger partial charge < -0.3 is 30.0 Å². The molecule has 268 valence electrons. The Balaban J connectivity index is 1.20. The second-order valence-corrected chi connectivity index (χ2v) is 15.6. The van der Waals surface area contributed by atoms with E-state index in [1.807, 2.05) is 30.3 Å². The zero-order valence-electron chi connectivity index (χ0n) is 30.1. The molecule has 50 heavy (non-hydrogen) atoms. The van der Waals surface area contributed by atoms with Gasteiger partial charge in [0.25, 0.3) is 0 Å². The minimum Gasteiger partial charge on any atom is -0.465 e. The Morgan fingerprint density at radius 3 is 2.40 bits per heavy atom. The quantitative estimate of drug-likeness (QED) is 0.189. The lowest BCUT2D eigenvalue weighted by Crippen LogP contribution is -2.46. The lowest BCUT2D eigenvalue weighted by molar-refractivity contribution is -0.276. The van der Waals surface area contributed by atoms with Crippen LogP contribution in [-0.2, 0) is 32.2 Å². The van der Waals surface area contributed by atoms with Crippen LogP contribution in [0.4, 0.5) is 4.79 Å². The van der Waals surface area contributed by atoms with Gasteiger partial charge in [-0.05, 0) is 77.0 Å². The highest BCUT2D eigenvalue weighted by Gasteiger charge is 2.51. The van der Waals surface area contributed by atoms with Gasteiger partial charge in [-0.25, -0.2) is 4.79 Å². The van der Waals surface area contributed by atoms with E-state index in [4.69, 9.17) is 14.2 Å². The predicted octanol–water partition coefficient (Wildman–Crippen LogP) is 6.90. The fourth-order valence-corrected chi connectivity index (χ4v) is 8.68. The smallest absolute Gasteiger partial charge is 0.325 e. The summed E-state index contributed by atoms with van der Waals surface area (Å²) in [6.45, 7) is 13.6. The fourth-order valence-electron chi connectivity index (χ4n) is 8.68. The molecule has 2 saturated heterocycles. The van der Waals surface area contributed by atoms with Gasteiger partial charge in [-0.2, -0.15) is 0 Å². The van der Waals surface area contributed by atoms with Gasteiger partial charge >= 0.3 is 12.0 Å². The van der Waals surface area contributed by atoms with E-state index in [0.29, 0.717) is 23.4 Å². The van der Waals surface area contributed by atoms with Gasteiger partial charge in [0.2, 0.25) is 0 Å². The molecule has 0 spiro atoms. The van der Waals surface area contributed by atoms with Crippen LogP contribution in [0, 0.1) is 16.7 Å². The molecular weight excluding hydrogens is 630 g/mol. The van der Waals surface area contributed by atoms with Crippen molar-refractivity contribution in [3.05, 3.63) is 95.1 Å². The first-order valence-electron chi connectivity index (χ1n) is 18.1. The third-order valence-electron chi connectivity index (χ3n) is 10.6. The van der Waals surface area contributed by atoms with Gasteiger partial charge in [0.15, 0.2) is 6.29 Å². The standard InChI is InChI=1S/C41H53N3O6/c1-6-48-36(46)22-43-39(47)42-21-29-9-7-10-31(17-29)32-11-8-12-33(18-32)38-49-35(23-44-26-41(5)20-34(44)19-40(3,4)25-41)27(2)37(50-38)30-15-13-28(24-45)14-16-30/h7-18,27,34-35,37-38,45H,6,19-26H2,1-5H3,(H2,42,43,47). The zero-order chi connectivity index (χ0) is 35.5. The van der Waals surface area contributed by atoms with Gasteiger partial charge in [0, 0.05) is 37.2 Å². The molecule has 0 aromatic heterocycles. The van der Waals surface area contributed by atoms with E-state index in [-0.39, 0.29) is 37.9 Å². The molecule has 3 fully saturated rings. The summed E-state index contributed by atoms with van der Waals surface area (Å²) in [7, 11) is 0. The van der Waals surface area contributed by atoms with Crippen molar-refractivity contribution in [3.63, 3.8) is 0 Å². The number of urea groups is 1. The zero-order valence-corrected chi connectivity index (χ0v) is 30.1. The van der Waals surface area contributed by atoms with Crippen LogP contribution in [0.2, 0.25) is 0 Å². The van der Waals surface area contributed by atoms with Gasteiger partial charge in [-0.1, -0.05) is 88.4 Å². The minimum atomic E-state index is -0.555. The van der Waals surface area contributed by atoms with Gasteiger partial charge in [-0.15, -0.1) is 0 Å². The first-order chi connectivity index (χ1) is 23.9. The Morgan fingerprint density at radius 1 is 0.920 bits per heavy atom. The number of ether oxygens (including phenoxy) is 3. The van der Waals surface area contributed by atoms with Crippen molar-refractivity contribution < 1.29 is 28.9 Å². The first kappa shape index (κ1) is 36.0. The Bertz CT molecular complexity index is 1640. The Kier molecular flexibility index (Phi) is 11.0. The highest BCUT2D eigenvalue weighted by Crippen LogP contribution is 2.53. The van der Waals surface area contributed by atoms with Crippen LogP contribution in [-0.4, -0.2) is 60.4 Å². The number of nitrogens with zero attached hydrogens (tertiary/aromatic N) is 1. The van der Waals surface area contributed by atoms with E-state index in [0.717, 1.165) is 46.5 Å². The second-order valence-electron chi connectivity index (χ2n) is 15.6. The predicted molar refractivity (Wildman–Crippen MR) is 193 cm³/mol. The number of nitrogens with one attached hydrogen (secondary N) is 2. The molecule has 2 heterocycles. The molecule has 0 radical (unpaired) electrons. The van der Waals surface area contributed by atoms with Gasteiger partial charge in [0.1, 0.15) is 6.54 Å². The van der Waals surface area contributed by atoms with Crippen LogP contribution in [0.3, 0.4) is 0 Å². The molecule has 3 aromatic rings. The van der Waals surface area contributed by atoms with Gasteiger partial charge in [0.05, 0.1) is 25.4 Å². The molecule has 6 unspecified atom stereocenters. The van der Waals surface area contributed by atoms with E-state index in [1.54, 1.807) is 6.92 Å². The largest absolute Gasteiger partial charge is 0.465 e. The molecule has 6 atom stereocenters. The third kappa shape index (κ3) is 8.57. The summed E-state index contributed by atoms with van der Waals surface area (Å²) in [6.07, 6.45) is 2.96. The number of fused-ring (bicyclic) bond motifs is 2. The Labute approximate surface area is 296 Å². The number of rotatable bonds is 11. The topological polar surface area (TPSA) is 109 Å². The minimum absolute atomic E-state index is 0.00786. The summed E-state index contributed by atoms with van der Waals surface area (Å²) < 4.78 is 18.6. The van der Waals surface area contributed by atoms with Crippen molar-refractivity contribution in [2.75, 3.05) is 26.2 Å². The third-order valence-corrected chi connectivity index (χ3v) is 10.6. The van der Waals surface area contributed by atoms with Crippen molar-refractivity contribution in [1.29, 1.82) is 0 Å². The Morgan fingerprint density at radius 2 is 1.66 bits per heavy atom. The van der Waals surface area contributed by atoms with E-state index >= 15 is 0 Å². The summed E-state index contributed by atoms with van der Waals surface area (Å²) in [4.78, 5) is 26.5. The second kappa shape index (κ2) is 15.2. The number of hydrogen-bond acceptors (Lipinski definition) is 7. The number of carbonyl (C=O) groups excluding carboxylic acids is 2. The van der Waals surface area contributed by atoms with Crippen molar-refractivity contribution in [3.8, 4) is 11.1 Å². The molecule has 6 rings (SSSR count).